The van der Waals surface area contributed by atoms with E-state index in [9.17, 15) is 9.18 Å². The molecule has 0 bridgehead atoms. The molecule has 0 aliphatic heterocycles. The Labute approximate surface area is 108 Å². The van der Waals surface area contributed by atoms with Gasteiger partial charge in [0, 0.05) is 25.1 Å². The molecule has 6 heteroatoms. The summed E-state index contributed by atoms with van der Waals surface area (Å²) in [4.78, 5) is 20.9. The van der Waals surface area contributed by atoms with Crippen LogP contribution in [-0.2, 0) is 0 Å². The first kappa shape index (κ1) is 12.4. The van der Waals surface area contributed by atoms with E-state index >= 15 is 0 Å². The molecule has 0 aromatic carbocycles. The smallest absolute Gasteiger partial charge is 0.261 e. The van der Waals surface area contributed by atoms with Crippen LogP contribution in [0.15, 0.2) is 36.8 Å². The van der Waals surface area contributed by atoms with Crippen molar-refractivity contribution in [2.75, 3.05) is 11.9 Å². The van der Waals surface area contributed by atoms with E-state index in [2.05, 4.69) is 9.97 Å². The number of halogens is 2. The number of rotatable bonds is 2. The molecule has 0 fully saturated rings. The first-order valence-electron chi connectivity index (χ1n) is 5.08. The van der Waals surface area contributed by atoms with Crippen LogP contribution >= 0.6 is 11.6 Å². The highest BCUT2D eigenvalue weighted by Gasteiger charge is 2.18. The highest BCUT2D eigenvalue weighted by Crippen LogP contribution is 2.19. The Kier molecular flexibility index (Phi) is 3.53. The second-order valence-corrected chi connectivity index (χ2v) is 3.92. The highest BCUT2D eigenvalue weighted by molar-refractivity contribution is 6.33. The number of amides is 1. The van der Waals surface area contributed by atoms with Crippen molar-refractivity contribution in [2.45, 2.75) is 0 Å². The monoisotopic (exact) mass is 265 g/mol. The molecule has 18 heavy (non-hydrogen) atoms. The summed E-state index contributed by atoms with van der Waals surface area (Å²) in [5.74, 6) is -1.04. The summed E-state index contributed by atoms with van der Waals surface area (Å²) in [6.07, 6.45) is 4.08. The maximum absolute atomic E-state index is 13.1. The van der Waals surface area contributed by atoms with Gasteiger partial charge >= 0.3 is 0 Å². The first-order valence-corrected chi connectivity index (χ1v) is 5.46. The van der Waals surface area contributed by atoms with Crippen LogP contribution in [0.2, 0.25) is 5.15 Å². The number of aromatic nitrogens is 2. The summed E-state index contributed by atoms with van der Waals surface area (Å²) in [6.45, 7) is 0. The maximum atomic E-state index is 13.1. The minimum absolute atomic E-state index is 0.0241. The fourth-order valence-electron chi connectivity index (χ4n) is 1.44. The molecule has 2 aromatic rings. The molecule has 0 radical (unpaired) electrons. The van der Waals surface area contributed by atoms with Crippen LogP contribution in [0.5, 0.6) is 0 Å². The summed E-state index contributed by atoms with van der Waals surface area (Å²) < 4.78 is 13.1. The van der Waals surface area contributed by atoms with Crippen molar-refractivity contribution in [3.05, 3.63) is 53.3 Å². The van der Waals surface area contributed by atoms with E-state index in [1.54, 1.807) is 31.6 Å². The third-order valence-electron chi connectivity index (χ3n) is 2.39. The molecule has 2 heterocycles. The molecule has 0 spiro atoms. The molecule has 2 aromatic heterocycles. The van der Waals surface area contributed by atoms with E-state index in [4.69, 9.17) is 11.6 Å². The van der Waals surface area contributed by atoms with Crippen LogP contribution < -0.4 is 4.90 Å². The summed E-state index contributed by atoms with van der Waals surface area (Å²) in [7, 11) is 1.57. The lowest BCUT2D eigenvalue weighted by atomic mass is 10.2. The number of hydrogen-bond donors (Lipinski definition) is 0. The van der Waals surface area contributed by atoms with Crippen LogP contribution in [-0.4, -0.2) is 22.9 Å². The third-order valence-corrected chi connectivity index (χ3v) is 2.69. The molecule has 0 atom stereocenters. The Balaban J connectivity index is 2.34. The molecule has 4 nitrogen and oxygen atoms in total. The largest absolute Gasteiger partial charge is 0.311 e. The Morgan fingerprint density at radius 1 is 1.39 bits per heavy atom. The minimum Gasteiger partial charge on any atom is -0.311 e. The fraction of sp³-hybridized carbons (Fsp3) is 0.0833. The normalized spacial score (nSPS) is 10.2. The van der Waals surface area contributed by atoms with E-state index in [0.29, 0.717) is 5.69 Å². The van der Waals surface area contributed by atoms with Crippen LogP contribution in [0, 0.1) is 5.82 Å². The van der Waals surface area contributed by atoms with E-state index < -0.39 is 11.7 Å². The summed E-state index contributed by atoms with van der Waals surface area (Å²) in [6, 6.07) is 4.40. The van der Waals surface area contributed by atoms with Gasteiger partial charge in [-0.15, -0.1) is 0 Å². The van der Waals surface area contributed by atoms with Crippen molar-refractivity contribution < 1.29 is 9.18 Å². The Morgan fingerprint density at radius 2 is 2.06 bits per heavy atom. The van der Waals surface area contributed by atoms with Crippen LogP contribution in [0.4, 0.5) is 10.1 Å². The number of carbonyl (C=O) groups excluding carboxylic acids is 1. The van der Waals surface area contributed by atoms with Crippen molar-refractivity contribution in [1.29, 1.82) is 0 Å². The van der Waals surface area contributed by atoms with Gasteiger partial charge in [-0.1, -0.05) is 11.6 Å². The molecule has 92 valence electrons. The van der Waals surface area contributed by atoms with Gasteiger partial charge in [0.15, 0.2) is 0 Å². The van der Waals surface area contributed by atoms with Gasteiger partial charge in [-0.25, -0.2) is 9.37 Å². The summed E-state index contributed by atoms with van der Waals surface area (Å²) in [5.41, 5.74) is 0.659. The van der Waals surface area contributed by atoms with E-state index in [0.717, 1.165) is 12.3 Å². The molecule has 0 aliphatic carbocycles. The highest BCUT2D eigenvalue weighted by atomic mass is 35.5. The lowest BCUT2D eigenvalue weighted by Crippen LogP contribution is -2.26. The van der Waals surface area contributed by atoms with Gasteiger partial charge in [-0.05, 0) is 18.2 Å². The van der Waals surface area contributed by atoms with E-state index in [-0.39, 0.29) is 10.7 Å². The van der Waals surface area contributed by atoms with E-state index in [1.807, 2.05) is 0 Å². The topological polar surface area (TPSA) is 46.1 Å². The van der Waals surface area contributed by atoms with Crippen LogP contribution in [0.1, 0.15) is 10.4 Å². The maximum Gasteiger partial charge on any atom is 0.261 e. The van der Waals surface area contributed by atoms with Crippen molar-refractivity contribution in [2.24, 2.45) is 0 Å². The number of carbonyl (C=O) groups is 1. The predicted molar refractivity (Wildman–Crippen MR) is 66.2 cm³/mol. The summed E-state index contributed by atoms with van der Waals surface area (Å²) in [5, 5.41) is -0.0256. The number of hydrogen-bond acceptors (Lipinski definition) is 3. The number of pyridine rings is 2. The molecule has 2 rings (SSSR count). The Hall–Kier alpha value is -2.01. The summed E-state index contributed by atoms with van der Waals surface area (Å²) >= 11 is 5.78. The van der Waals surface area contributed by atoms with Crippen LogP contribution in [0.25, 0.3) is 0 Å². The van der Waals surface area contributed by atoms with Gasteiger partial charge in [0.2, 0.25) is 0 Å². The van der Waals surface area contributed by atoms with Crippen molar-refractivity contribution in [3.63, 3.8) is 0 Å². The fourth-order valence-corrected chi connectivity index (χ4v) is 1.62. The average molecular weight is 266 g/mol. The van der Waals surface area contributed by atoms with Crippen molar-refractivity contribution in [3.8, 4) is 0 Å². The predicted octanol–water partition coefficient (Wildman–Crippen LogP) is 2.55. The van der Waals surface area contributed by atoms with Gasteiger partial charge in [0.1, 0.15) is 11.0 Å². The van der Waals surface area contributed by atoms with Crippen molar-refractivity contribution in [1.82, 2.24) is 9.97 Å². The van der Waals surface area contributed by atoms with Gasteiger partial charge in [0.05, 0.1) is 11.8 Å². The molecule has 1 amide bonds. The second-order valence-electron chi connectivity index (χ2n) is 3.56. The molecule has 0 aliphatic rings. The van der Waals surface area contributed by atoms with Crippen LogP contribution in [0.3, 0.4) is 0 Å². The first-order chi connectivity index (χ1) is 8.59. The van der Waals surface area contributed by atoms with Crippen molar-refractivity contribution >= 4 is 23.2 Å². The zero-order valence-electron chi connectivity index (χ0n) is 9.47. The zero-order chi connectivity index (χ0) is 13.1. The van der Waals surface area contributed by atoms with Gasteiger partial charge in [0.25, 0.3) is 5.91 Å². The Morgan fingerprint density at radius 3 is 2.72 bits per heavy atom. The Bertz CT molecular complexity index is 577. The van der Waals surface area contributed by atoms with Gasteiger partial charge in [-0.3, -0.25) is 9.78 Å². The van der Waals surface area contributed by atoms with Gasteiger partial charge in [-0.2, -0.15) is 0 Å². The molecule has 0 saturated carbocycles. The number of nitrogens with zero attached hydrogens (tertiary/aromatic N) is 3. The minimum atomic E-state index is -0.606. The van der Waals surface area contributed by atoms with Gasteiger partial charge < -0.3 is 4.90 Å². The van der Waals surface area contributed by atoms with E-state index in [1.165, 1.54) is 4.90 Å². The lowest BCUT2D eigenvalue weighted by Gasteiger charge is -2.17. The SMILES string of the molecule is CN(C(=O)c1cc(F)cnc1Cl)c1ccncc1. The quantitative estimate of drug-likeness (QED) is 0.784. The molecule has 0 saturated heterocycles. The third kappa shape index (κ3) is 2.46. The molecular formula is C12H9ClFN3O. The average Bonchev–Trinajstić information content (AvgIpc) is 2.41. The lowest BCUT2D eigenvalue weighted by molar-refractivity contribution is 0.0992. The second kappa shape index (κ2) is 5.10. The standard InChI is InChI=1S/C12H9ClFN3O/c1-17(9-2-4-15-5-3-9)12(18)10-6-8(14)7-16-11(10)13/h2-7H,1H3. The number of anilines is 1. The molecule has 0 N–H and O–H groups in total. The molecule has 0 unspecified atom stereocenters. The molecular weight excluding hydrogens is 257 g/mol. The zero-order valence-corrected chi connectivity index (χ0v) is 10.2.